The number of aromatic nitrogens is 1. The topological polar surface area (TPSA) is 126 Å². The van der Waals surface area contributed by atoms with E-state index >= 15 is 0 Å². The number of hydrogen-bond donors (Lipinski definition) is 3. The molecule has 35 heavy (non-hydrogen) atoms. The molecule has 2 amide bonds. The summed E-state index contributed by atoms with van der Waals surface area (Å²) < 4.78 is 33.3. The first-order valence-electron chi connectivity index (χ1n) is 11.0. The number of rotatable bonds is 10. The average molecular weight is 497 g/mol. The highest BCUT2D eigenvalue weighted by atomic mass is 32.2. The number of nitrogens with zero attached hydrogens (tertiary/aromatic N) is 1. The number of carbonyl (C=O) groups is 2. The van der Waals surface area contributed by atoms with Gasteiger partial charge >= 0.3 is 0 Å². The first-order chi connectivity index (χ1) is 16.6. The third kappa shape index (κ3) is 7.62. The largest absolute Gasteiger partial charge is 0.475 e. The average Bonchev–Trinajstić information content (AvgIpc) is 2.82. The number of ether oxygens (including phenoxy) is 1. The van der Waals surface area contributed by atoms with E-state index in [1.807, 2.05) is 19.9 Å². The van der Waals surface area contributed by atoms with Gasteiger partial charge in [-0.15, -0.1) is 0 Å². The summed E-state index contributed by atoms with van der Waals surface area (Å²) in [4.78, 5) is 27.9. The molecule has 0 fully saturated rings. The number of nitrogens with one attached hydrogen (secondary N) is 3. The standard InChI is InChI=1S/C25H28N4O5S/c1-17(2)34-25-21(5-4-14-26-25)16-27-24(31)20-8-6-19(7-9-20)15-28-35(32,33)23-12-10-22(11-13-23)29-18(3)30/h4-14,17,28H,15-16H2,1-3H3,(H,27,31)(H,29,30). The SMILES string of the molecule is CC(=O)Nc1ccc(S(=O)(=O)NCc2ccc(C(=O)NCc3cccnc3OC(C)C)cc2)cc1. The van der Waals surface area contributed by atoms with Crippen molar-refractivity contribution in [2.24, 2.45) is 0 Å². The highest BCUT2D eigenvalue weighted by Crippen LogP contribution is 2.17. The van der Waals surface area contributed by atoms with Crippen LogP contribution in [-0.2, 0) is 27.9 Å². The summed E-state index contributed by atoms with van der Waals surface area (Å²) in [7, 11) is -3.74. The highest BCUT2D eigenvalue weighted by Gasteiger charge is 2.14. The molecule has 0 radical (unpaired) electrons. The molecule has 0 aliphatic carbocycles. The van der Waals surface area contributed by atoms with Crippen molar-refractivity contribution in [3.05, 3.63) is 83.6 Å². The van der Waals surface area contributed by atoms with E-state index in [1.54, 1.807) is 36.5 Å². The number of anilines is 1. The lowest BCUT2D eigenvalue weighted by molar-refractivity contribution is -0.114. The first-order valence-corrected chi connectivity index (χ1v) is 12.5. The minimum Gasteiger partial charge on any atom is -0.475 e. The molecule has 2 aromatic carbocycles. The monoisotopic (exact) mass is 496 g/mol. The van der Waals surface area contributed by atoms with Gasteiger partial charge in [0.05, 0.1) is 11.0 Å². The lowest BCUT2D eigenvalue weighted by Crippen LogP contribution is -2.24. The second kappa shape index (κ2) is 11.6. The molecule has 3 N–H and O–H groups in total. The number of sulfonamides is 1. The molecule has 1 heterocycles. The van der Waals surface area contributed by atoms with Crippen molar-refractivity contribution in [1.82, 2.24) is 15.0 Å². The molecule has 0 bridgehead atoms. The third-order valence-electron chi connectivity index (χ3n) is 4.80. The third-order valence-corrected chi connectivity index (χ3v) is 6.22. The maximum absolute atomic E-state index is 12.6. The smallest absolute Gasteiger partial charge is 0.251 e. The second-order valence-corrected chi connectivity index (χ2v) is 9.81. The van der Waals surface area contributed by atoms with Crippen LogP contribution in [0.25, 0.3) is 0 Å². The predicted octanol–water partition coefficient (Wildman–Crippen LogP) is 3.24. The summed E-state index contributed by atoms with van der Waals surface area (Å²) in [6.07, 6.45) is 1.60. The van der Waals surface area contributed by atoms with Crippen molar-refractivity contribution in [2.45, 2.75) is 44.9 Å². The Bertz CT molecular complexity index is 1270. The molecule has 0 atom stereocenters. The number of carbonyl (C=O) groups excluding carboxylic acids is 2. The Hall–Kier alpha value is -3.76. The molecule has 9 nitrogen and oxygen atoms in total. The number of amides is 2. The normalized spacial score (nSPS) is 11.2. The Balaban J connectivity index is 1.56. The Morgan fingerprint density at radius 3 is 2.29 bits per heavy atom. The zero-order valence-electron chi connectivity index (χ0n) is 19.7. The van der Waals surface area contributed by atoms with E-state index < -0.39 is 10.0 Å². The van der Waals surface area contributed by atoms with Gasteiger partial charge in [-0.1, -0.05) is 18.2 Å². The lowest BCUT2D eigenvalue weighted by atomic mass is 10.1. The van der Waals surface area contributed by atoms with Gasteiger partial charge in [0.25, 0.3) is 5.91 Å². The maximum Gasteiger partial charge on any atom is 0.251 e. The second-order valence-electron chi connectivity index (χ2n) is 8.04. The molecule has 184 valence electrons. The van der Waals surface area contributed by atoms with Gasteiger partial charge in [0.1, 0.15) is 0 Å². The fraction of sp³-hybridized carbons (Fsp3) is 0.240. The van der Waals surface area contributed by atoms with Crippen molar-refractivity contribution in [3.8, 4) is 5.88 Å². The maximum atomic E-state index is 12.6. The molecule has 0 saturated heterocycles. The van der Waals surface area contributed by atoms with Crippen LogP contribution in [0.3, 0.4) is 0 Å². The van der Waals surface area contributed by atoms with Gasteiger partial charge in [0, 0.05) is 43.0 Å². The summed E-state index contributed by atoms with van der Waals surface area (Å²) in [5.74, 6) is -0.0243. The van der Waals surface area contributed by atoms with Gasteiger partial charge in [-0.05, 0) is 61.9 Å². The molecule has 0 spiro atoms. The molecule has 10 heteroatoms. The van der Waals surface area contributed by atoms with Crippen molar-refractivity contribution >= 4 is 27.5 Å². The summed E-state index contributed by atoms with van der Waals surface area (Å²) in [6, 6.07) is 16.1. The molecular weight excluding hydrogens is 468 g/mol. The van der Waals surface area contributed by atoms with Gasteiger partial charge in [-0.25, -0.2) is 18.1 Å². The van der Waals surface area contributed by atoms with Crippen LogP contribution in [0.4, 0.5) is 5.69 Å². The molecule has 1 aromatic heterocycles. The molecule has 0 unspecified atom stereocenters. The van der Waals surface area contributed by atoms with Crippen LogP contribution in [0.15, 0.2) is 71.8 Å². The van der Waals surface area contributed by atoms with Crippen LogP contribution in [-0.4, -0.2) is 31.3 Å². The van der Waals surface area contributed by atoms with Gasteiger partial charge < -0.3 is 15.4 Å². The van der Waals surface area contributed by atoms with E-state index in [4.69, 9.17) is 4.74 Å². The minimum absolute atomic E-state index is 0.0348. The van der Waals surface area contributed by atoms with Crippen LogP contribution in [0.5, 0.6) is 5.88 Å². The number of hydrogen-bond acceptors (Lipinski definition) is 6. The van der Waals surface area contributed by atoms with Crippen LogP contribution >= 0.6 is 0 Å². The minimum atomic E-state index is -3.74. The van der Waals surface area contributed by atoms with Crippen molar-refractivity contribution < 1.29 is 22.7 Å². The summed E-state index contributed by atoms with van der Waals surface area (Å²) in [5.41, 5.74) is 2.42. The highest BCUT2D eigenvalue weighted by molar-refractivity contribution is 7.89. The quantitative estimate of drug-likeness (QED) is 0.396. The van der Waals surface area contributed by atoms with Gasteiger partial charge in [0.2, 0.25) is 21.8 Å². The Labute approximate surface area is 205 Å². The predicted molar refractivity (Wildman–Crippen MR) is 132 cm³/mol. The number of pyridine rings is 1. The van der Waals surface area contributed by atoms with E-state index in [2.05, 4.69) is 20.3 Å². The lowest BCUT2D eigenvalue weighted by Gasteiger charge is -2.13. The van der Waals surface area contributed by atoms with Crippen LogP contribution < -0.4 is 20.1 Å². The van der Waals surface area contributed by atoms with E-state index in [0.29, 0.717) is 22.7 Å². The molecule has 0 aliphatic rings. The molecule has 0 saturated carbocycles. The zero-order valence-corrected chi connectivity index (χ0v) is 20.6. The Morgan fingerprint density at radius 1 is 0.971 bits per heavy atom. The molecule has 0 aliphatic heterocycles. The van der Waals surface area contributed by atoms with Gasteiger partial charge in [-0.3, -0.25) is 9.59 Å². The first kappa shape index (κ1) is 25.9. The summed E-state index contributed by atoms with van der Waals surface area (Å²) in [6.45, 7) is 5.51. The number of benzene rings is 2. The van der Waals surface area contributed by atoms with Crippen molar-refractivity contribution in [2.75, 3.05) is 5.32 Å². The van der Waals surface area contributed by atoms with Crippen molar-refractivity contribution in [3.63, 3.8) is 0 Å². The molecule has 3 aromatic rings. The van der Waals surface area contributed by atoms with Crippen LogP contribution in [0.2, 0.25) is 0 Å². The molecule has 3 rings (SSSR count). The van der Waals surface area contributed by atoms with Gasteiger partial charge in [0.15, 0.2) is 0 Å². The van der Waals surface area contributed by atoms with Crippen LogP contribution in [0, 0.1) is 0 Å². The van der Waals surface area contributed by atoms with E-state index in [-0.39, 0.29) is 35.9 Å². The van der Waals surface area contributed by atoms with E-state index in [9.17, 15) is 18.0 Å². The Kier molecular flexibility index (Phi) is 8.56. The molecular formula is C25H28N4O5S. The van der Waals surface area contributed by atoms with Gasteiger partial charge in [-0.2, -0.15) is 0 Å². The van der Waals surface area contributed by atoms with Crippen molar-refractivity contribution in [1.29, 1.82) is 0 Å². The zero-order chi connectivity index (χ0) is 25.4. The van der Waals surface area contributed by atoms with E-state index in [0.717, 1.165) is 5.56 Å². The summed E-state index contributed by atoms with van der Waals surface area (Å²) in [5, 5.41) is 5.43. The van der Waals surface area contributed by atoms with E-state index in [1.165, 1.54) is 31.2 Å². The fourth-order valence-corrected chi connectivity index (χ4v) is 4.14. The van der Waals surface area contributed by atoms with Crippen LogP contribution in [0.1, 0.15) is 42.3 Å². The summed E-state index contributed by atoms with van der Waals surface area (Å²) >= 11 is 0. The fourth-order valence-electron chi connectivity index (χ4n) is 3.12. The Morgan fingerprint density at radius 2 is 1.66 bits per heavy atom.